The molecular formula is C14H15NO2. The SMILES string of the molecule is COc1cc(Oc2ccc(N)cc2)ccc1C. The normalized spacial score (nSPS) is 10.0. The second kappa shape index (κ2) is 4.78. The molecule has 2 aromatic carbocycles. The van der Waals surface area contributed by atoms with Gasteiger partial charge in [-0.3, -0.25) is 0 Å². The molecule has 0 unspecified atom stereocenters. The lowest BCUT2D eigenvalue weighted by atomic mass is 10.2. The van der Waals surface area contributed by atoms with Gasteiger partial charge in [0.25, 0.3) is 0 Å². The molecule has 88 valence electrons. The van der Waals surface area contributed by atoms with Crippen LogP contribution in [0.15, 0.2) is 42.5 Å². The fraction of sp³-hybridized carbons (Fsp3) is 0.143. The number of nitrogens with two attached hydrogens (primary N) is 1. The summed E-state index contributed by atoms with van der Waals surface area (Å²) in [6, 6.07) is 13.0. The van der Waals surface area contributed by atoms with Crippen molar-refractivity contribution >= 4 is 5.69 Å². The predicted molar refractivity (Wildman–Crippen MR) is 68.7 cm³/mol. The zero-order valence-electron chi connectivity index (χ0n) is 9.94. The molecule has 0 heterocycles. The lowest BCUT2D eigenvalue weighted by Gasteiger charge is -2.09. The lowest BCUT2D eigenvalue weighted by Crippen LogP contribution is -1.90. The first kappa shape index (κ1) is 11.3. The molecule has 3 heteroatoms. The summed E-state index contributed by atoms with van der Waals surface area (Å²) >= 11 is 0. The van der Waals surface area contributed by atoms with Gasteiger partial charge in [0.15, 0.2) is 0 Å². The molecule has 3 nitrogen and oxygen atoms in total. The van der Waals surface area contributed by atoms with Crippen LogP contribution in [-0.2, 0) is 0 Å². The molecule has 0 aromatic heterocycles. The highest BCUT2D eigenvalue weighted by Gasteiger charge is 2.02. The van der Waals surface area contributed by atoms with E-state index in [1.54, 1.807) is 19.2 Å². The fourth-order valence-corrected chi connectivity index (χ4v) is 1.54. The summed E-state index contributed by atoms with van der Waals surface area (Å²) < 4.78 is 10.9. The van der Waals surface area contributed by atoms with E-state index in [0.29, 0.717) is 0 Å². The third-order valence-electron chi connectivity index (χ3n) is 2.50. The molecule has 2 rings (SSSR count). The summed E-state index contributed by atoms with van der Waals surface area (Å²) in [7, 11) is 1.65. The van der Waals surface area contributed by atoms with E-state index in [-0.39, 0.29) is 0 Å². The van der Waals surface area contributed by atoms with Crippen LogP contribution in [0, 0.1) is 6.92 Å². The maximum absolute atomic E-state index is 5.70. The number of rotatable bonds is 3. The molecule has 2 N–H and O–H groups in total. The molecule has 0 spiro atoms. The highest BCUT2D eigenvalue weighted by Crippen LogP contribution is 2.28. The molecule has 0 saturated heterocycles. The van der Waals surface area contributed by atoms with Crippen molar-refractivity contribution in [3.05, 3.63) is 48.0 Å². The number of hydrogen-bond acceptors (Lipinski definition) is 3. The summed E-state index contributed by atoms with van der Waals surface area (Å²) in [4.78, 5) is 0. The number of aryl methyl sites for hydroxylation is 1. The average molecular weight is 229 g/mol. The Balaban J connectivity index is 2.21. The zero-order valence-corrected chi connectivity index (χ0v) is 9.94. The van der Waals surface area contributed by atoms with E-state index in [1.807, 2.05) is 37.3 Å². The Kier molecular flexibility index (Phi) is 3.19. The van der Waals surface area contributed by atoms with Crippen molar-refractivity contribution in [3.8, 4) is 17.2 Å². The molecule has 0 fully saturated rings. The van der Waals surface area contributed by atoms with Crippen LogP contribution >= 0.6 is 0 Å². The molecule has 0 aliphatic rings. The Morgan fingerprint density at radius 3 is 2.24 bits per heavy atom. The molecule has 2 aromatic rings. The van der Waals surface area contributed by atoms with E-state index in [9.17, 15) is 0 Å². The molecule has 0 amide bonds. The number of benzene rings is 2. The summed E-state index contributed by atoms with van der Waals surface area (Å²) in [6.07, 6.45) is 0. The van der Waals surface area contributed by atoms with Crippen LogP contribution in [0.4, 0.5) is 5.69 Å². The van der Waals surface area contributed by atoms with Crippen LogP contribution in [-0.4, -0.2) is 7.11 Å². The van der Waals surface area contributed by atoms with Crippen LogP contribution in [0.25, 0.3) is 0 Å². The Morgan fingerprint density at radius 1 is 0.941 bits per heavy atom. The van der Waals surface area contributed by atoms with Crippen molar-refractivity contribution in [2.24, 2.45) is 0 Å². The number of anilines is 1. The highest BCUT2D eigenvalue weighted by atomic mass is 16.5. The smallest absolute Gasteiger partial charge is 0.131 e. The van der Waals surface area contributed by atoms with Gasteiger partial charge in [-0.05, 0) is 42.8 Å². The summed E-state index contributed by atoms with van der Waals surface area (Å²) in [5.74, 6) is 2.32. The van der Waals surface area contributed by atoms with Crippen molar-refractivity contribution in [1.29, 1.82) is 0 Å². The van der Waals surface area contributed by atoms with Gasteiger partial charge in [0.1, 0.15) is 17.2 Å². The van der Waals surface area contributed by atoms with E-state index in [1.165, 1.54) is 0 Å². The van der Waals surface area contributed by atoms with Gasteiger partial charge in [-0.1, -0.05) is 6.07 Å². The van der Waals surface area contributed by atoms with Gasteiger partial charge in [-0.2, -0.15) is 0 Å². The molecule has 0 atom stereocenters. The van der Waals surface area contributed by atoms with Crippen LogP contribution < -0.4 is 15.2 Å². The first-order valence-electron chi connectivity index (χ1n) is 5.37. The number of hydrogen-bond donors (Lipinski definition) is 1. The molecule has 0 bridgehead atoms. The van der Waals surface area contributed by atoms with Gasteiger partial charge in [0.05, 0.1) is 7.11 Å². The van der Waals surface area contributed by atoms with Crippen LogP contribution in [0.3, 0.4) is 0 Å². The Morgan fingerprint density at radius 2 is 1.59 bits per heavy atom. The second-order valence-corrected chi connectivity index (χ2v) is 3.80. The maximum atomic E-state index is 5.70. The summed E-state index contributed by atoms with van der Waals surface area (Å²) in [5.41, 5.74) is 7.41. The van der Waals surface area contributed by atoms with Crippen molar-refractivity contribution in [2.75, 3.05) is 12.8 Å². The van der Waals surface area contributed by atoms with E-state index in [4.69, 9.17) is 15.2 Å². The third-order valence-corrected chi connectivity index (χ3v) is 2.50. The van der Waals surface area contributed by atoms with E-state index in [0.717, 1.165) is 28.5 Å². The van der Waals surface area contributed by atoms with Gasteiger partial charge < -0.3 is 15.2 Å². The van der Waals surface area contributed by atoms with Gasteiger partial charge >= 0.3 is 0 Å². The summed E-state index contributed by atoms with van der Waals surface area (Å²) in [6.45, 7) is 1.99. The number of methoxy groups -OCH3 is 1. The summed E-state index contributed by atoms with van der Waals surface area (Å²) in [5, 5.41) is 0. The van der Waals surface area contributed by atoms with Crippen LogP contribution in [0.1, 0.15) is 5.56 Å². The Bertz CT molecular complexity index is 506. The van der Waals surface area contributed by atoms with Gasteiger partial charge in [0, 0.05) is 11.8 Å². The fourth-order valence-electron chi connectivity index (χ4n) is 1.54. The van der Waals surface area contributed by atoms with Crippen molar-refractivity contribution in [3.63, 3.8) is 0 Å². The van der Waals surface area contributed by atoms with Crippen LogP contribution in [0.5, 0.6) is 17.2 Å². The van der Waals surface area contributed by atoms with Crippen molar-refractivity contribution < 1.29 is 9.47 Å². The third kappa shape index (κ3) is 2.69. The Labute approximate surface area is 101 Å². The monoisotopic (exact) mass is 229 g/mol. The molecule has 0 aliphatic heterocycles. The average Bonchev–Trinajstić information content (AvgIpc) is 2.34. The van der Waals surface area contributed by atoms with Crippen LogP contribution in [0.2, 0.25) is 0 Å². The van der Waals surface area contributed by atoms with Crippen molar-refractivity contribution in [1.82, 2.24) is 0 Å². The largest absolute Gasteiger partial charge is 0.496 e. The molecule has 0 radical (unpaired) electrons. The lowest BCUT2D eigenvalue weighted by molar-refractivity contribution is 0.406. The minimum Gasteiger partial charge on any atom is -0.496 e. The van der Waals surface area contributed by atoms with Crippen molar-refractivity contribution in [2.45, 2.75) is 6.92 Å². The minimum absolute atomic E-state index is 0.721. The minimum atomic E-state index is 0.721. The Hall–Kier alpha value is -2.16. The molecule has 0 saturated carbocycles. The first-order chi connectivity index (χ1) is 8.19. The van der Waals surface area contributed by atoms with E-state index < -0.39 is 0 Å². The van der Waals surface area contributed by atoms with Gasteiger partial charge in [-0.25, -0.2) is 0 Å². The van der Waals surface area contributed by atoms with E-state index in [2.05, 4.69) is 0 Å². The second-order valence-electron chi connectivity index (χ2n) is 3.80. The standard InChI is InChI=1S/C14H15NO2/c1-10-3-6-13(9-14(10)16-2)17-12-7-4-11(15)5-8-12/h3-9H,15H2,1-2H3. The number of ether oxygens (including phenoxy) is 2. The first-order valence-corrected chi connectivity index (χ1v) is 5.37. The van der Waals surface area contributed by atoms with E-state index >= 15 is 0 Å². The quantitative estimate of drug-likeness (QED) is 0.820. The maximum Gasteiger partial charge on any atom is 0.131 e. The molecular weight excluding hydrogens is 214 g/mol. The molecule has 17 heavy (non-hydrogen) atoms. The molecule has 0 aliphatic carbocycles. The van der Waals surface area contributed by atoms with Gasteiger partial charge in [-0.15, -0.1) is 0 Å². The predicted octanol–water partition coefficient (Wildman–Crippen LogP) is 3.38. The highest BCUT2D eigenvalue weighted by molar-refractivity contribution is 5.45. The topological polar surface area (TPSA) is 44.5 Å². The van der Waals surface area contributed by atoms with Gasteiger partial charge in [0.2, 0.25) is 0 Å². The zero-order chi connectivity index (χ0) is 12.3. The number of nitrogen functional groups attached to an aromatic ring is 1.